The van der Waals surface area contributed by atoms with Crippen molar-refractivity contribution in [1.29, 1.82) is 0 Å². The zero-order valence-corrected chi connectivity index (χ0v) is 11.9. The number of hydrogen-bond acceptors (Lipinski definition) is 5. The monoisotopic (exact) mass is 265 g/mol. The van der Waals surface area contributed by atoms with Crippen molar-refractivity contribution in [2.45, 2.75) is 13.3 Å². The van der Waals surface area contributed by atoms with Crippen molar-refractivity contribution in [3.05, 3.63) is 24.0 Å². The van der Waals surface area contributed by atoms with E-state index in [1.165, 1.54) is 0 Å². The smallest absolute Gasteiger partial charge is 0.172 e. The highest BCUT2D eigenvalue weighted by Crippen LogP contribution is 2.19. The van der Waals surface area contributed by atoms with Crippen LogP contribution >= 0.6 is 0 Å². The Morgan fingerprint density at radius 3 is 2.68 bits per heavy atom. The molecule has 1 heterocycles. The Morgan fingerprint density at radius 2 is 2.11 bits per heavy atom. The van der Waals surface area contributed by atoms with Crippen LogP contribution in [0.3, 0.4) is 0 Å². The van der Waals surface area contributed by atoms with E-state index in [0.29, 0.717) is 5.56 Å². The molecule has 0 unspecified atom stereocenters. The summed E-state index contributed by atoms with van der Waals surface area (Å²) in [6.07, 6.45) is 4.43. The topological polar surface area (TPSA) is 78.0 Å². The molecule has 3 N–H and O–H groups in total. The second kappa shape index (κ2) is 7.58. The summed E-state index contributed by atoms with van der Waals surface area (Å²) >= 11 is 0. The summed E-state index contributed by atoms with van der Waals surface area (Å²) in [7, 11) is 4.08. The van der Waals surface area contributed by atoms with Crippen LogP contribution in [-0.2, 0) is 0 Å². The largest absolute Gasteiger partial charge is 0.409 e. The van der Waals surface area contributed by atoms with Crippen LogP contribution < -0.4 is 10.6 Å². The number of oxime groups is 1. The maximum atomic E-state index is 8.86. The van der Waals surface area contributed by atoms with Crippen molar-refractivity contribution in [2.75, 3.05) is 38.6 Å². The van der Waals surface area contributed by atoms with E-state index in [1.807, 2.05) is 14.1 Å². The Kier molecular flexibility index (Phi) is 6.08. The summed E-state index contributed by atoms with van der Waals surface area (Å²) in [6, 6.07) is 1.77. The predicted octanol–water partition coefficient (Wildman–Crippen LogP) is 0.954. The Bertz CT molecular complexity index is 419. The van der Waals surface area contributed by atoms with Gasteiger partial charge in [0.1, 0.15) is 0 Å². The van der Waals surface area contributed by atoms with E-state index in [4.69, 9.17) is 10.9 Å². The van der Waals surface area contributed by atoms with Crippen LogP contribution in [0.15, 0.2) is 23.6 Å². The van der Waals surface area contributed by atoms with Gasteiger partial charge in [0.2, 0.25) is 0 Å². The summed E-state index contributed by atoms with van der Waals surface area (Å²) < 4.78 is 0. The highest BCUT2D eigenvalue weighted by Gasteiger charge is 2.13. The Balaban J connectivity index is 3.01. The Morgan fingerprint density at radius 1 is 1.37 bits per heavy atom. The van der Waals surface area contributed by atoms with Crippen molar-refractivity contribution in [3.8, 4) is 0 Å². The standard InChI is InChI=1S/C13H23N5O/c1-4-7-18(9-8-17(2)3)12-10-15-6-5-11(12)13(14)16-19/h5-6,10,19H,4,7-9H2,1-3H3,(H2,14,16). The maximum Gasteiger partial charge on any atom is 0.172 e. The molecule has 19 heavy (non-hydrogen) atoms. The van der Waals surface area contributed by atoms with Crippen LogP contribution in [0.4, 0.5) is 5.69 Å². The maximum absolute atomic E-state index is 8.86. The number of nitrogens with two attached hydrogens (primary N) is 1. The molecule has 0 aliphatic heterocycles. The zero-order chi connectivity index (χ0) is 14.3. The van der Waals surface area contributed by atoms with Gasteiger partial charge < -0.3 is 20.7 Å². The highest BCUT2D eigenvalue weighted by molar-refractivity contribution is 6.02. The minimum atomic E-state index is 0.114. The van der Waals surface area contributed by atoms with Crippen LogP contribution in [0.1, 0.15) is 18.9 Å². The molecule has 0 saturated heterocycles. The second-order valence-corrected chi connectivity index (χ2v) is 4.67. The van der Waals surface area contributed by atoms with E-state index < -0.39 is 0 Å². The van der Waals surface area contributed by atoms with Gasteiger partial charge in [-0.3, -0.25) is 4.98 Å². The number of aromatic nitrogens is 1. The van der Waals surface area contributed by atoms with Gasteiger partial charge >= 0.3 is 0 Å². The average Bonchev–Trinajstić information content (AvgIpc) is 2.42. The number of rotatable bonds is 7. The van der Waals surface area contributed by atoms with Gasteiger partial charge in [-0.25, -0.2) is 0 Å². The number of hydrogen-bond donors (Lipinski definition) is 2. The third-order valence-electron chi connectivity index (χ3n) is 2.84. The molecule has 1 rings (SSSR count). The zero-order valence-electron chi connectivity index (χ0n) is 11.9. The third-order valence-corrected chi connectivity index (χ3v) is 2.84. The van der Waals surface area contributed by atoms with Crippen LogP contribution in [0.25, 0.3) is 0 Å². The summed E-state index contributed by atoms with van der Waals surface area (Å²) in [4.78, 5) is 8.48. The lowest BCUT2D eigenvalue weighted by molar-refractivity contribution is 0.318. The first-order chi connectivity index (χ1) is 9.10. The minimum Gasteiger partial charge on any atom is -0.409 e. The molecule has 1 aromatic heterocycles. The quantitative estimate of drug-likeness (QED) is 0.332. The van der Waals surface area contributed by atoms with Crippen LogP contribution in [0.2, 0.25) is 0 Å². The van der Waals surface area contributed by atoms with E-state index >= 15 is 0 Å². The lowest BCUT2D eigenvalue weighted by Crippen LogP contribution is -2.34. The molecular weight excluding hydrogens is 242 g/mol. The molecule has 0 aromatic carbocycles. The summed E-state index contributed by atoms with van der Waals surface area (Å²) in [6.45, 7) is 4.84. The molecular formula is C13H23N5O. The first-order valence-electron chi connectivity index (χ1n) is 6.41. The number of pyridine rings is 1. The van der Waals surface area contributed by atoms with Crippen molar-refractivity contribution >= 4 is 11.5 Å². The highest BCUT2D eigenvalue weighted by atomic mass is 16.4. The van der Waals surface area contributed by atoms with Gasteiger partial charge in [-0.2, -0.15) is 0 Å². The van der Waals surface area contributed by atoms with E-state index in [-0.39, 0.29) is 5.84 Å². The van der Waals surface area contributed by atoms with Gasteiger partial charge in [0.05, 0.1) is 11.9 Å². The Labute approximate surface area is 114 Å². The number of likely N-dealkylation sites (N-methyl/N-ethyl adjacent to an activating group) is 1. The fourth-order valence-corrected chi connectivity index (χ4v) is 1.85. The van der Waals surface area contributed by atoms with E-state index in [0.717, 1.165) is 31.7 Å². The van der Waals surface area contributed by atoms with E-state index in [2.05, 4.69) is 26.9 Å². The average molecular weight is 265 g/mol. The van der Waals surface area contributed by atoms with Crippen LogP contribution in [-0.4, -0.2) is 54.7 Å². The molecule has 0 aliphatic carbocycles. The van der Waals surface area contributed by atoms with Gasteiger partial charge in [0.15, 0.2) is 5.84 Å². The first-order valence-corrected chi connectivity index (χ1v) is 6.41. The molecule has 0 radical (unpaired) electrons. The summed E-state index contributed by atoms with van der Waals surface area (Å²) in [5.74, 6) is 0.114. The lowest BCUT2D eigenvalue weighted by Gasteiger charge is -2.27. The molecule has 0 atom stereocenters. The predicted molar refractivity (Wildman–Crippen MR) is 77.8 cm³/mol. The fourth-order valence-electron chi connectivity index (χ4n) is 1.85. The van der Waals surface area contributed by atoms with Gasteiger partial charge in [-0.1, -0.05) is 12.1 Å². The minimum absolute atomic E-state index is 0.114. The Hall–Kier alpha value is -1.82. The van der Waals surface area contributed by atoms with Gasteiger partial charge in [0.25, 0.3) is 0 Å². The number of anilines is 1. The third kappa shape index (κ3) is 4.40. The molecule has 1 aromatic rings. The number of nitrogens with zero attached hydrogens (tertiary/aromatic N) is 4. The van der Waals surface area contributed by atoms with E-state index in [9.17, 15) is 0 Å². The van der Waals surface area contributed by atoms with Gasteiger partial charge in [-0.15, -0.1) is 0 Å². The van der Waals surface area contributed by atoms with Crippen LogP contribution in [0.5, 0.6) is 0 Å². The molecule has 0 saturated carbocycles. The van der Waals surface area contributed by atoms with Crippen molar-refractivity contribution in [3.63, 3.8) is 0 Å². The van der Waals surface area contributed by atoms with E-state index in [1.54, 1.807) is 18.5 Å². The van der Waals surface area contributed by atoms with Crippen LogP contribution in [0, 0.1) is 0 Å². The molecule has 0 bridgehead atoms. The molecule has 6 nitrogen and oxygen atoms in total. The molecule has 106 valence electrons. The summed E-state index contributed by atoms with van der Waals surface area (Å²) in [5, 5.41) is 11.9. The van der Waals surface area contributed by atoms with Crippen molar-refractivity contribution in [2.24, 2.45) is 10.9 Å². The van der Waals surface area contributed by atoms with Gasteiger partial charge in [-0.05, 0) is 26.6 Å². The van der Waals surface area contributed by atoms with Crippen molar-refractivity contribution in [1.82, 2.24) is 9.88 Å². The molecule has 0 spiro atoms. The molecule has 0 amide bonds. The molecule has 0 fully saturated rings. The van der Waals surface area contributed by atoms with Gasteiger partial charge in [0, 0.05) is 31.4 Å². The first kappa shape index (κ1) is 15.2. The molecule has 6 heteroatoms. The molecule has 0 aliphatic rings. The van der Waals surface area contributed by atoms with Crippen molar-refractivity contribution < 1.29 is 5.21 Å². The number of amidine groups is 1. The second-order valence-electron chi connectivity index (χ2n) is 4.67. The summed E-state index contributed by atoms with van der Waals surface area (Å²) in [5.41, 5.74) is 7.34. The lowest BCUT2D eigenvalue weighted by atomic mass is 10.2. The fraction of sp³-hybridized carbons (Fsp3) is 0.538. The normalized spacial score (nSPS) is 11.9. The SMILES string of the molecule is CCCN(CCN(C)C)c1cnccc1/C(N)=N/O.